The first-order valence-electron chi connectivity index (χ1n) is 8.29. The molecular weight excluding hydrogens is 363 g/mol. The number of nitrogens with one attached hydrogen (secondary N) is 1. The van der Waals surface area contributed by atoms with Crippen LogP contribution in [-0.4, -0.2) is 40.7 Å². The summed E-state index contributed by atoms with van der Waals surface area (Å²) in [4.78, 5) is 18.5. The molecule has 8 heteroatoms. The highest BCUT2D eigenvalue weighted by molar-refractivity contribution is 6.34. The Morgan fingerprint density at radius 2 is 2.12 bits per heavy atom. The summed E-state index contributed by atoms with van der Waals surface area (Å²) in [5.74, 6) is 1.34. The molecule has 6 nitrogen and oxygen atoms in total. The number of piperidine rings is 1. The third-order valence-corrected chi connectivity index (χ3v) is 4.65. The molecule has 0 aliphatic carbocycles. The van der Waals surface area contributed by atoms with Crippen molar-refractivity contribution in [2.45, 2.75) is 32.1 Å². The highest BCUT2D eigenvalue weighted by atomic mass is 35.5. The van der Waals surface area contributed by atoms with Gasteiger partial charge in [0.05, 0.1) is 5.92 Å². The zero-order chi connectivity index (χ0) is 17.8. The molecule has 0 saturated carbocycles. The second-order valence-electron chi connectivity index (χ2n) is 6.22. The SMILES string of the molecule is Cc1noc(C2CCCN(C(=O)NCCc3cc(Cl)cc(Cl)c3)C2)n1. The Morgan fingerprint density at radius 1 is 1.36 bits per heavy atom. The van der Waals surface area contributed by atoms with E-state index in [9.17, 15) is 4.79 Å². The van der Waals surface area contributed by atoms with Crippen LogP contribution in [0.3, 0.4) is 0 Å². The van der Waals surface area contributed by atoms with E-state index in [0.717, 1.165) is 24.9 Å². The zero-order valence-electron chi connectivity index (χ0n) is 14.0. The molecule has 1 atom stereocenters. The van der Waals surface area contributed by atoms with E-state index in [1.165, 1.54) is 0 Å². The van der Waals surface area contributed by atoms with Crippen LogP contribution in [0.1, 0.15) is 36.0 Å². The summed E-state index contributed by atoms with van der Waals surface area (Å²) < 4.78 is 5.25. The molecular formula is C17H20Cl2N4O2. The van der Waals surface area contributed by atoms with Crippen LogP contribution in [0.25, 0.3) is 0 Å². The average molecular weight is 383 g/mol. The normalized spacial score (nSPS) is 17.6. The van der Waals surface area contributed by atoms with Crippen molar-refractivity contribution in [1.29, 1.82) is 0 Å². The Labute approximate surface area is 156 Å². The van der Waals surface area contributed by atoms with Crippen molar-refractivity contribution in [1.82, 2.24) is 20.4 Å². The average Bonchev–Trinajstić information content (AvgIpc) is 3.00. The number of benzene rings is 1. The maximum Gasteiger partial charge on any atom is 0.317 e. The fraction of sp³-hybridized carbons (Fsp3) is 0.471. The van der Waals surface area contributed by atoms with Crippen molar-refractivity contribution in [3.8, 4) is 0 Å². The van der Waals surface area contributed by atoms with E-state index in [1.54, 1.807) is 17.9 Å². The summed E-state index contributed by atoms with van der Waals surface area (Å²) in [5, 5.41) is 7.98. The number of carbonyl (C=O) groups is 1. The number of amides is 2. The predicted octanol–water partition coefficient (Wildman–Crippen LogP) is 3.82. The van der Waals surface area contributed by atoms with Crippen LogP contribution in [0.4, 0.5) is 4.79 Å². The van der Waals surface area contributed by atoms with Crippen LogP contribution in [0.2, 0.25) is 10.0 Å². The van der Waals surface area contributed by atoms with E-state index in [4.69, 9.17) is 27.7 Å². The molecule has 0 radical (unpaired) electrons. The van der Waals surface area contributed by atoms with Crippen LogP contribution in [0.15, 0.2) is 22.7 Å². The molecule has 0 bridgehead atoms. The van der Waals surface area contributed by atoms with Gasteiger partial charge >= 0.3 is 6.03 Å². The highest BCUT2D eigenvalue weighted by Gasteiger charge is 2.28. The second kappa shape index (κ2) is 8.06. The third-order valence-electron chi connectivity index (χ3n) is 4.21. The molecule has 3 rings (SSSR count). The molecule has 1 fully saturated rings. The van der Waals surface area contributed by atoms with E-state index in [-0.39, 0.29) is 11.9 Å². The van der Waals surface area contributed by atoms with Gasteiger partial charge in [0.1, 0.15) is 0 Å². The molecule has 2 heterocycles. The van der Waals surface area contributed by atoms with Gasteiger partial charge in [-0.1, -0.05) is 28.4 Å². The number of likely N-dealkylation sites (tertiary alicyclic amines) is 1. The van der Waals surface area contributed by atoms with Gasteiger partial charge in [-0.2, -0.15) is 4.98 Å². The minimum absolute atomic E-state index is 0.0749. The Hall–Kier alpha value is -1.79. The topological polar surface area (TPSA) is 71.3 Å². The van der Waals surface area contributed by atoms with Gasteiger partial charge in [0.2, 0.25) is 5.89 Å². The molecule has 1 aromatic heterocycles. The van der Waals surface area contributed by atoms with Gasteiger partial charge in [-0.05, 0) is 49.9 Å². The van der Waals surface area contributed by atoms with Crippen LogP contribution >= 0.6 is 23.2 Å². The maximum atomic E-state index is 12.4. The van der Waals surface area contributed by atoms with Crippen LogP contribution < -0.4 is 5.32 Å². The van der Waals surface area contributed by atoms with Gasteiger partial charge < -0.3 is 14.7 Å². The van der Waals surface area contributed by atoms with Crippen molar-refractivity contribution in [2.75, 3.05) is 19.6 Å². The number of aryl methyl sites for hydroxylation is 1. The van der Waals surface area contributed by atoms with Gasteiger partial charge in [-0.3, -0.25) is 0 Å². The van der Waals surface area contributed by atoms with E-state index < -0.39 is 0 Å². The standard InChI is InChI=1S/C17H20Cl2N4O2/c1-11-21-16(25-22-11)13-3-2-6-23(10-13)17(24)20-5-4-12-7-14(18)9-15(19)8-12/h7-9,13H,2-6,10H2,1H3,(H,20,24). The third kappa shape index (κ3) is 4.86. The van der Waals surface area contributed by atoms with Crippen LogP contribution in [0.5, 0.6) is 0 Å². The molecule has 0 spiro atoms. The lowest BCUT2D eigenvalue weighted by molar-refractivity contribution is 0.172. The number of carbonyl (C=O) groups excluding carboxylic acids is 1. The van der Waals surface area contributed by atoms with Gasteiger partial charge in [-0.15, -0.1) is 0 Å². The van der Waals surface area contributed by atoms with Gasteiger partial charge in [0.25, 0.3) is 0 Å². The summed E-state index contributed by atoms with van der Waals surface area (Å²) >= 11 is 12.0. The van der Waals surface area contributed by atoms with Gasteiger partial charge in [0, 0.05) is 29.7 Å². The van der Waals surface area contributed by atoms with Crippen molar-refractivity contribution in [3.05, 3.63) is 45.5 Å². The minimum Gasteiger partial charge on any atom is -0.339 e. The molecule has 25 heavy (non-hydrogen) atoms. The summed E-state index contributed by atoms with van der Waals surface area (Å²) in [5.41, 5.74) is 0.996. The maximum absolute atomic E-state index is 12.4. The highest BCUT2D eigenvalue weighted by Crippen LogP contribution is 2.25. The Morgan fingerprint density at radius 3 is 2.80 bits per heavy atom. The molecule has 1 unspecified atom stereocenters. The lowest BCUT2D eigenvalue weighted by Crippen LogP contribution is -2.45. The number of rotatable bonds is 4. The summed E-state index contributed by atoms with van der Waals surface area (Å²) in [6.07, 6.45) is 2.54. The van der Waals surface area contributed by atoms with Gasteiger partial charge in [0.15, 0.2) is 5.82 Å². The zero-order valence-corrected chi connectivity index (χ0v) is 15.5. The summed E-state index contributed by atoms with van der Waals surface area (Å²) in [7, 11) is 0. The van der Waals surface area contributed by atoms with Crippen molar-refractivity contribution in [2.24, 2.45) is 0 Å². The number of urea groups is 1. The first kappa shape index (κ1) is 18.0. The summed E-state index contributed by atoms with van der Waals surface area (Å²) in [6, 6.07) is 5.33. The second-order valence-corrected chi connectivity index (χ2v) is 7.10. The number of halogens is 2. The smallest absolute Gasteiger partial charge is 0.317 e. The number of hydrogen-bond donors (Lipinski definition) is 1. The van der Waals surface area contributed by atoms with E-state index >= 15 is 0 Å². The fourth-order valence-electron chi connectivity index (χ4n) is 3.02. The Kier molecular flexibility index (Phi) is 5.81. The molecule has 1 N–H and O–H groups in total. The van der Waals surface area contributed by atoms with E-state index in [2.05, 4.69) is 15.5 Å². The van der Waals surface area contributed by atoms with Crippen molar-refractivity contribution in [3.63, 3.8) is 0 Å². The molecule has 2 amide bonds. The van der Waals surface area contributed by atoms with Crippen LogP contribution in [-0.2, 0) is 6.42 Å². The van der Waals surface area contributed by atoms with E-state index in [1.807, 2.05) is 12.1 Å². The quantitative estimate of drug-likeness (QED) is 0.872. The molecule has 134 valence electrons. The molecule has 2 aromatic rings. The molecule has 1 saturated heterocycles. The summed E-state index contributed by atoms with van der Waals surface area (Å²) in [6.45, 7) is 3.65. The van der Waals surface area contributed by atoms with Gasteiger partial charge in [-0.25, -0.2) is 4.79 Å². The number of hydrogen-bond acceptors (Lipinski definition) is 4. The molecule has 1 aromatic carbocycles. The lowest BCUT2D eigenvalue weighted by Gasteiger charge is -2.31. The monoisotopic (exact) mass is 382 g/mol. The molecule has 1 aliphatic heterocycles. The van der Waals surface area contributed by atoms with Crippen molar-refractivity contribution >= 4 is 29.2 Å². The van der Waals surface area contributed by atoms with Crippen LogP contribution in [0, 0.1) is 6.92 Å². The van der Waals surface area contributed by atoms with E-state index in [0.29, 0.717) is 41.3 Å². The minimum atomic E-state index is -0.0749. The largest absolute Gasteiger partial charge is 0.339 e. The Balaban J connectivity index is 1.50. The number of aromatic nitrogens is 2. The lowest BCUT2D eigenvalue weighted by atomic mass is 9.98. The Bertz CT molecular complexity index is 730. The number of nitrogens with zero attached hydrogens (tertiary/aromatic N) is 3. The fourth-order valence-corrected chi connectivity index (χ4v) is 3.59. The molecule has 1 aliphatic rings. The first-order chi connectivity index (χ1) is 12.0. The first-order valence-corrected chi connectivity index (χ1v) is 9.05. The van der Waals surface area contributed by atoms with Crippen molar-refractivity contribution < 1.29 is 9.32 Å². The predicted molar refractivity (Wildman–Crippen MR) is 96.1 cm³/mol.